The average molecular weight is 340 g/mol. The topological polar surface area (TPSA) is 76.6 Å². The van der Waals surface area contributed by atoms with Crippen LogP contribution in [0.5, 0.6) is 0 Å². The van der Waals surface area contributed by atoms with Gasteiger partial charge < -0.3 is 9.64 Å². The molecule has 1 atom stereocenters. The highest BCUT2D eigenvalue weighted by atomic mass is 32.2. The van der Waals surface area contributed by atoms with Crippen LogP contribution in [0.15, 0.2) is 24.4 Å². The number of carbonyl (C=O) groups is 1. The van der Waals surface area contributed by atoms with Gasteiger partial charge in [-0.05, 0) is 45.2 Å². The molecule has 0 saturated carbocycles. The average Bonchev–Trinajstić information content (AvgIpc) is 2.85. The number of likely N-dealkylation sites (tertiary alicyclic amines) is 1. The van der Waals surface area contributed by atoms with Gasteiger partial charge in [-0.3, -0.25) is 4.98 Å². The number of aromatic nitrogens is 1. The van der Waals surface area contributed by atoms with Crippen molar-refractivity contribution in [3.63, 3.8) is 0 Å². The van der Waals surface area contributed by atoms with Gasteiger partial charge in [-0.25, -0.2) is 13.2 Å². The lowest BCUT2D eigenvalue weighted by molar-refractivity contribution is 0.0289. The molecule has 0 bridgehead atoms. The molecule has 23 heavy (non-hydrogen) atoms. The van der Waals surface area contributed by atoms with Crippen molar-refractivity contribution in [3.05, 3.63) is 30.1 Å². The van der Waals surface area contributed by atoms with Gasteiger partial charge in [0.15, 0.2) is 9.84 Å². The number of rotatable bonds is 4. The third kappa shape index (κ3) is 5.82. The first kappa shape index (κ1) is 17.7. The molecule has 128 valence electrons. The molecule has 0 N–H and O–H groups in total. The summed E-state index contributed by atoms with van der Waals surface area (Å²) in [6.07, 6.45) is 1.90. The maximum absolute atomic E-state index is 12.3. The van der Waals surface area contributed by atoms with Crippen LogP contribution in [0.2, 0.25) is 0 Å². The highest BCUT2D eigenvalue weighted by Gasteiger charge is 2.32. The molecule has 1 aliphatic rings. The van der Waals surface area contributed by atoms with Crippen molar-refractivity contribution < 1.29 is 17.9 Å². The second-order valence-corrected chi connectivity index (χ2v) is 9.07. The molecule has 0 unspecified atom stereocenters. The van der Waals surface area contributed by atoms with Gasteiger partial charge in [0, 0.05) is 19.3 Å². The van der Waals surface area contributed by atoms with E-state index < -0.39 is 15.4 Å². The van der Waals surface area contributed by atoms with E-state index in [-0.39, 0.29) is 23.5 Å². The van der Waals surface area contributed by atoms with E-state index in [4.69, 9.17) is 4.74 Å². The highest BCUT2D eigenvalue weighted by molar-refractivity contribution is 7.90. The van der Waals surface area contributed by atoms with Gasteiger partial charge in [-0.15, -0.1) is 0 Å². The Morgan fingerprint density at radius 1 is 1.39 bits per heavy atom. The molecule has 1 amide bonds. The van der Waals surface area contributed by atoms with Gasteiger partial charge in [0.1, 0.15) is 5.60 Å². The number of carbonyl (C=O) groups excluding carboxylic acids is 1. The van der Waals surface area contributed by atoms with Crippen molar-refractivity contribution in [1.29, 1.82) is 0 Å². The summed E-state index contributed by atoms with van der Waals surface area (Å²) in [4.78, 5) is 17.7. The van der Waals surface area contributed by atoms with E-state index >= 15 is 0 Å². The number of amides is 1. The molecule has 2 rings (SSSR count). The van der Waals surface area contributed by atoms with Crippen LogP contribution in [0.25, 0.3) is 0 Å². The summed E-state index contributed by atoms with van der Waals surface area (Å²) in [5.74, 6) is -0.0316. The first-order chi connectivity index (χ1) is 10.6. The number of hydrogen-bond acceptors (Lipinski definition) is 5. The Bertz CT molecular complexity index is 638. The monoisotopic (exact) mass is 340 g/mol. The van der Waals surface area contributed by atoms with Crippen molar-refractivity contribution in [2.45, 2.75) is 38.5 Å². The minimum absolute atomic E-state index is 0.0452. The number of sulfone groups is 1. The third-order valence-corrected chi connectivity index (χ3v) is 5.24. The summed E-state index contributed by atoms with van der Waals surface area (Å²) in [6, 6.07) is 5.24. The van der Waals surface area contributed by atoms with E-state index in [0.717, 1.165) is 0 Å². The molecule has 1 aliphatic heterocycles. The summed E-state index contributed by atoms with van der Waals surface area (Å²) in [5, 5.41) is 0. The lowest BCUT2D eigenvalue weighted by atomic mass is 10.2. The number of pyridine rings is 1. The molecule has 1 fully saturated rings. The molecule has 0 radical (unpaired) electrons. The summed E-state index contributed by atoms with van der Waals surface area (Å²) >= 11 is 0. The van der Waals surface area contributed by atoms with E-state index in [2.05, 4.69) is 4.98 Å². The Labute approximate surface area is 137 Å². The van der Waals surface area contributed by atoms with Crippen LogP contribution >= 0.6 is 0 Å². The smallest absolute Gasteiger partial charge is 0.410 e. The van der Waals surface area contributed by atoms with Crippen LogP contribution in [0.3, 0.4) is 0 Å². The van der Waals surface area contributed by atoms with Crippen LogP contribution < -0.4 is 0 Å². The highest BCUT2D eigenvalue weighted by Crippen LogP contribution is 2.21. The zero-order valence-corrected chi connectivity index (χ0v) is 14.7. The number of nitrogens with zero attached hydrogens (tertiary/aromatic N) is 2. The normalized spacial score (nSPS) is 18.9. The second-order valence-electron chi connectivity index (χ2n) is 6.96. The largest absolute Gasteiger partial charge is 0.444 e. The molecule has 0 aliphatic carbocycles. The third-order valence-electron chi connectivity index (χ3n) is 3.52. The molecule has 1 saturated heterocycles. The van der Waals surface area contributed by atoms with Crippen molar-refractivity contribution in [2.75, 3.05) is 18.8 Å². The van der Waals surface area contributed by atoms with Gasteiger partial charge >= 0.3 is 6.09 Å². The summed E-state index contributed by atoms with van der Waals surface area (Å²) < 4.78 is 29.9. The van der Waals surface area contributed by atoms with E-state index in [1.54, 1.807) is 29.3 Å². The first-order valence-corrected chi connectivity index (χ1v) is 9.55. The van der Waals surface area contributed by atoms with Crippen LogP contribution in [0.4, 0.5) is 4.79 Å². The molecule has 2 heterocycles. The van der Waals surface area contributed by atoms with Gasteiger partial charge in [0.05, 0.1) is 17.2 Å². The molecule has 0 spiro atoms. The van der Waals surface area contributed by atoms with Crippen LogP contribution in [0.1, 0.15) is 32.9 Å². The number of ether oxygens (including phenoxy) is 1. The minimum atomic E-state index is -3.24. The van der Waals surface area contributed by atoms with Crippen molar-refractivity contribution in [2.24, 2.45) is 5.92 Å². The molecule has 6 nitrogen and oxygen atoms in total. The molecular weight excluding hydrogens is 316 g/mol. The van der Waals surface area contributed by atoms with E-state index in [1.807, 2.05) is 20.8 Å². The van der Waals surface area contributed by atoms with Crippen LogP contribution in [0, 0.1) is 5.92 Å². The Morgan fingerprint density at radius 3 is 2.74 bits per heavy atom. The van der Waals surface area contributed by atoms with E-state index in [9.17, 15) is 13.2 Å². The molecule has 0 aromatic carbocycles. The quantitative estimate of drug-likeness (QED) is 0.840. The molecule has 7 heteroatoms. The fraction of sp³-hybridized carbons (Fsp3) is 0.625. The van der Waals surface area contributed by atoms with Crippen molar-refractivity contribution >= 4 is 15.9 Å². The molecule has 1 aromatic rings. The Balaban J connectivity index is 1.88. The lowest BCUT2D eigenvalue weighted by Gasteiger charge is -2.24. The molecule has 1 aromatic heterocycles. The van der Waals surface area contributed by atoms with E-state index in [0.29, 0.717) is 25.2 Å². The zero-order chi connectivity index (χ0) is 17.1. The predicted molar refractivity (Wildman–Crippen MR) is 87.6 cm³/mol. The summed E-state index contributed by atoms with van der Waals surface area (Å²) in [7, 11) is -3.24. The summed E-state index contributed by atoms with van der Waals surface area (Å²) in [5.41, 5.74) is 0.00902. The lowest BCUT2D eigenvalue weighted by Crippen LogP contribution is -2.35. The fourth-order valence-corrected chi connectivity index (χ4v) is 4.32. The van der Waals surface area contributed by atoms with Crippen LogP contribution in [-0.4, -0.2) is 48.8 Å². The van der Waals surface area contributed by atoms with Gasteiger partial charge in [-0.1, -0.05) is 6.07 Å². The van der Waals surface area contributed by atoms with Gasteiger partial charge in [0.25, 0.3) is 0 Å². The Morgan fingerprint density at radius 2 is 2.13 bits per heavy atom. The van der Waals surface area contributed by atoms with E-state index in [1.165, 1.54) is 0 Å². The Hall–Kier alpha value is -1.63. The van der Waals surface area contributed by atoms with Crippen molar-refractivity contribution in [1.82, 2.24) is 9.88 Å². The first-order valence-electron chi connectivity index (χ1n) is 7.73. The maximum atomic E-state index is 12.3. The fourth-order valence-electron chi connectivity index (χ4n) is 2.59. The summed E-state index contributed by atoms with van der Waals surface area (Å²) in [6.45, 7) is 6.41. The van der Waals surface area contributed by atoms with Crippen molar-refractivity contribution in [3.8, 4) is 0 Å². The predicted octanol–water partition coefficient (Wildman–Crippen LogP) is 2.25. The zero-order valence-electron chi connectivity index (χ0n) is 13.9. The molecular formula is C16H24N2O4S. The van der Waals surface area contributed by atoms with Gasteiger partial charge in [0.2, 0.25) is 0 Å². The minimum Gasteiger partial charge on any atom is -0.444 e. The maximum Gasteiger partial charge on any atom is 0.410 e. The number of hydrogen-bond donors (Lipinski definition) is 0. The Kier molecular flexibility index (Phi) is 5.29. The standard InChI is InChI=1S/C16H24N2O4S/c1-16(2,3)22-15(19)18-9-7-13(10-18)11-23(20,21)12-14-6-4-5-8-17-14/h4-6,8,13H,7,9-12H2,1-3H3/t13-/m1/s1. The second kappa shape index (κ2) is 6.86. The van der Waals surface area contributed by atoms with Crippen LogP contribution in [-0.2, 0) is 20.3 Å². The SMILES string of the molecule is CC(C)(C)OC(=O)N1CC[C@@H](CS(=O)(=O)Cc2ccccn2)C1. The van der Waals surface area contributed by atoms with Gasteiger partial charge in [-0.2, -0.15) is 0 Å².